The Kier molecular flexibility index (Phi) is 9.02. The normalized spacial score (nSPS) is 19.0. The third kappa shape index (κ3) is 4.88. The smallest absolute Gasteiger partial charge is 0.138 e. The molecule has 1 aliphatic heterocycles. The number of ketones is 1. The Morgan fingerprint density at radius 2 is 1.82 bits per heavy atom. The highest BCUT2D eigenvalue weighted by Gasteiger charge is 2.35. The highest BCUT2D eigenvalue weighted by molar-refractivity contribution is 5.83. The minimum atomic E-state index is 0. The highest BCUT2D eigenvalue weighted by Crippen LogP contribution is 2.42. The van der Waals surface area contributed by atoms with Crippen molar-refractivity contribution < 1.29 is 4.79 Å². The van der Waals surface area contributed by atoms with E-state index in [1.54, 1.807) is 0 Å². The van der Waals surface area contributed by atoms with Crippen LogP contribution >= 0.6 is 0 Å². The summed E-state index contributed by atoms with van der Waals surface area (Å²) in [6.07, 6.45) is 10.4. The van der Waals surface area contributed by atoms with Crippen LogP contribution in [0.25, 0.3) is 11.3 Å². The van der Waals surface area contributed by atoms with Crippen molar-refractivity contribution in [2.24, 2.45) is 11.3 Å². The molecular weight excluding hydrogens is 348 g/mol. The lowest BCUT2D eigenvalue weighted by molar-refractivity contribution is -0.125. The number of rotatable bonds is 3. The minimum absolute atomic E-state index is 0. The summed E-state index contributed by atoms with van der Waals surface area (Å²) < 4.78 is 2.11. The van der Waals surface area contributed by atoms with E-state index >= 15 is 0 Å². The molecule has 5 nitrogen and oxygen atoms in total. The molecule has 2 aliphatic rings. The first-order valence-corrected chi connectivity index (χ1v) is 10.5. The minimum Gasteiger partial charge on any atom is -0.344 e. The van der Waals surface area contributed by atoms with Gasteiger partial charge in [0.1, 0.15) is 5.78 Å². The van der Waals surface area contributed by atoms with Crippen LogP contribution in [0, 0.1) is 11.3 Å². The maximum absolute atomic E-state index is 12.8. The molecule has 1 aliphatic carbocycles. The summed E-state index contributed by atoms with van der Waals surface area (Å²) in [6, 6.07) is 4.04. The van der Waals surface area contributed by atoms with E-state index in [0.29, 0.717) is 17.6 Å². The van der Waals surface area contributed by atoms with Gasteiger partial charge in [-0.15, -0.1) is 0 Å². The molecule has 0 bridgehead atoms. The van der Waals surface area contributed by atoms with E-state index in [-0.39, 0.29) is 18.1 Å². The molecule has 2 aromatic heterocycles. The van der Waals surface area contributed by atoms with Crippen molar-refractivity contribution in [3.63, 3.8) is 0 Å². The molecule has 0 amide bonds. The highest BCUT2D eigenvalue weighted by atomic mass is 16.1. The molecule has 1 atom stereocenters. The molecule has 3 heterocycles. The predicted octanol–water partition coefficient (Wildman–Crippen LogP) is 6.24. The van der Waals surface area contributed by atoms with Gasteiger partial charge in [0.05, 0.1) is 30.0 Å². The summed E-state index contributed by atoms with van der Waals surface area (Å²) in [5.74, 6) is 0.617. The first kappa shape index (κ1) is 24.0. The molecule has 0 saturated heterocycles. The van der Waals surface area contributed by atoms with E-state index < -0.39 is 0 Å². The monoisotopic (exact) mass is 386 g/mol. The van der Waals surface area contributed by atoms with Crippen molar-refractivity contribution in [3.8, 4) is 11.3 Å². The number of carbonyl (C=O) groups is 1. The molecule has 0 spiro atoms. The topological polar surface area (TPSA) is 82.8 Å². The number of aromatic nitrogens is 3. The van der Waals surface area contributed by atoms with Gasteiger partial charge in [-0.05, 0) is 43.2 Å². The van der Waals surface area contributed by atoms with Crippen molar-refractivity contribution in [3.05, 3.63) is 36.5 Å². The molecule has 2 aromatic rings. The average molecular weight is 387 g/mol. The first-order valence-electron chi connectivity index (χ1n) is 10.5. The molecular formula is C23H38N4O. The second-order valence-electron chi connectivity index (χ2n) is 7.75. The number of pyridine rings is 1. The Morgan fingerprint density at radius 3 is 2.46 bits per heavy atom. The first-order chi connectivity index (χ1) is 13.1. The van der Waals surface area contributed by atoms with Gasteiger partial charge < -0.3 is 10.7 Å². The van der Waals surface area contributed by atoms with Crippen LogP contribution in [0.4, 0.5) is 0 Å². The number of hydrogen-bond donors (Lipinski definition) is 1. The van der Waals surface area contributed by atoms with Crippen LogP contribution in [0.1, 0.15) is 85.4 Å². The van der Waals surface area contributed by atoms with Crippen molar-refractivity contribution in [1.82, 2.24) is 20.7 Å². The van der Waals surface area contributed by atoms with Crippen molar-refractivity contribution in [1.29, 1.82) is 0 Å². The van der Waals surface area contributed by atoms with E-state index in [4.69, 9.17) is 0 Å². The van der Waals surface area contributed by atoms with Crippen LogP contribution < -0.4 is 6.15 Å². The molecule has 156 valence electrons. The lowest BCUT2D eigenvalue weighted by atomic mass is 9.71. The van der Waals surface area contributed by atoms with Crippen molar-refractivity contribution in [2.45, 2.75) is 79.7 Å². The molecule has 3 N–H and O–H groups in total. The van der Waals surface area contributed by atoms with Crippen LogP contribution in [0.15, 0.2) is 30.9 Å². The zero-order chi connectivity index (χ0) is 20.0. The molecule has 5 heteroatoms. The summed E-state index contributed by atoms with van der Waals surface area (Å²) in [4.78, 5) is 21.6. The summed E-state index contributed by atoms with van der Waals surface area (Å²) in [6.45, 7) is 12.6. The van der Waals surface area contributed by atoms with Gasteiger partial charge in [0.2, 0.25) is 0 Å². The van der Waals surface area contributed by atoms with E-state index in [1.165, 1.54) is 0 Å². The zero-order valence-corrected chi connectivity index (χ0v) is 18.5. The largest absolute Gasteiger partial charge is 0.344 e. The molecule has 4 rings (SSSR count). The van der Waals surface area contributed by atoms with Gasteiger partial charge in [-0.25, -0.2) is 4.98 Å². The van der Waals surface area contributed by atoms with Gasteiger partial charge in [0.15, 0.2) is 0 Å². The van der Waals surface area contributed by atoms with Crippen LogP contribution in [0.5, 0.6) is 0 Å². The Hall–Kier alpha value is -2.01. The summed E-state index contributed by atoms with van der Waals surface area (Å²) in [5.41, 5.74) is 3.62. The second kappa shape index (κ2) is 10.5. The number of carbonyl (C=O) groups excluding carboxylic acids is 1. The molecule has 0 aromatic carbocycles. The van der Waals surface area contributed by atoms with Gasteiger partial charge in [0.25, 0.3) is 0 Å². The van der Waals surface area contributed by atoms with Crippen LogP contribution in [0.3, 0.4) is 0 Å². The third-order valence-electron chi connectivity index (χ3n) is 5.62. The van der Waals surface area contributed by atoms with E-state index in [9.17, 15) is 4.79 Å². The SMILES string of the molecule is CC.CC.CC1(C)CCC(C(=O)CC2c3ncccc3-c3cncn32)CC1.N. The van der Waals surface area contributed by atoms with Crippen molar-refractivity contribution in [2.75, 3.05) is 0 Å². The number of fused-ring (bicyclic) bond motifs is 3. The van der Waals surface area contributed by atoms with Gasteiger partial charge in [-0.3, -0.25) is 9.78 Å². The Labute approximate surface area is 170 Å². The number of imidazole rings is 1. The fraction of sp³-hybridized carbons (Fsp3) is 0.609. The van der Waals surface area contributed by atoms with Gasteiger partial charge >= 0.3 is 0 Å². The zero-order valence-electron chi connectivity index (χ0n) is 18.5. The molecule has 1 fully saturated rings. The Balaban J connectivity index is 0.000000739. The molecule has 1 saturated carbocycles. The van der Waals surface area contributed by atoms with Crippen LogP contribution in [-0.4, -0.2) is 20.3 Å². The van der Waals surface area contributed by atoms with E-state index in [1.807, 2.05) is 52.5 Å². The maximum atomic E-state index is 12.8. The van der Waals surface area contributed by atoms with Gasteiger partial charge in [-0.1, -0.05) is 41.5 Å². The van der Waals surface area contributed by atoms with Crippen LogP contribution in [0.2, 0.25) is 0 Å². The average Bonchev–Trinajstić information content (AvgIpc) is 3.28. The molecule has 1 unspecified atom stereocenters. The maximum Gasteiger partial charge on any atom is 0.138 e. The van der Waals surface area contributed by atoms with Gasteiger partial charge in [0, 0.05) is 24.1 Å². The second-order valence-corrected chi connectivity index (χ2v) is 7.75. The quantitative estimate of drug-likeness (QED) is 0.677. The Bertz CT molecular complexity index is 741. The Morgan fingerprint density at radius 1 is 1.18 bits per heavy atom. The molecule has 0 radical (unpaired) electrons. The third-order valence-corrected chi connectivity index (χ3v) is 5.62. The van der Waals surface area contributed by atoms with Crippen LogP contribution in [-0.2, 0) is 4.79 Å². The standard InChI is InChI=1S/C19H23N3O.2C2H6.H3N/c1-19(2)7-5-13(6-8-19)17(23)10-15-18-14(4-3-9-21-18)16-11-20-12-22(15)16;2*1-2;/h3-4,9,11-13,15H,5-8,10H2,1-2H3;2*1-2H3;1H3. The molecule has 28 heavy (non-hydrogen) atoms. The number of nitrogens with zero attached hydrogens (tertiary/aromatic N) is 3. The van der Waals surface area contributed by atoms with E-state index in [2.05, 4.69) is 34.4 Å². The van der Waals surface area contributed by atoms with E-state index in [0.717, 1.165) is 42.6 Å². The summed E-state index contributed by atoms with van der Waals surface area (Å²) in [7, 11) is 0. The van der Waals surface area contributed by atoms with Gasteiger partial charge in [-0.2, -0.15) is 0 Å². The summed E-state index contributed by atoms with van der Waals surface area (Å²) in [5, 5.41) is 0. The van der Waals surface area contributed by atoms with Crippen molar-refractivity contribution >= 4 is 5.78 Å². The lowest BCUT2D eigenvalue weighted by Gasteiger charge is -2.34. The number of Topliss-reactive ketones (excluding diaryl/α,β-unsaturated/α-hetero) is 1. The number of hydrogen-bond acceptors (Lipinski definition) is 4. The fourth-order valence-electron chi connectivity index (χ4n) is 4.07. The fourth-order valence-corrected chi connectivity index (χ4v) is 4.07. The lowest BCUT2D eigenvalue weighted by Crippen LogP contribution is -2.27. The predicted molar refractivity (Wildman–Crippen MR) is 117 cm³/mol. The summed E-state index contributed by atoms with van der Waals surface area (Å²) >= 11 is 0.